The maximum Gasteiger partial charge on any atom is 0.211 e. The van der Waals surface area contributed by atoms with Crippen molar-refractivity contribution < 1.29 is 9.59 Å². The SMILES string of the molecule is CCCN(CCC)C1=C(Cl)C(=O)c2ccccc2C1=O. The molecule has 0 fully saturated rings. The molecule has 0 spiro atoms. The molecule has 1 aromatic carbocycles. The molecule has 0 radical (unpaired) electrons. The second-order valence-electron chi connectivity index (χ2n) is 4.85. The standard InChI is InChI=1S/C16H18ClNO2/c1-3-9-18(10-4-2)14-13(17)15(19)11-7-5-6-8-12(11)16(14)20/h5-8H,3-4,9-10H2,1-2H3. The monoisotopic (exact) mass is 291 g/mol. The van der Waals surface area contributed by atoms with Crippen LogP contribution in [0.3, 0.4) is 0 Å². The first-order valence-electron chi connectivity index (χ1n) is 6.94. The smallest absolute Gasteiger partial charge is 0.211 e. The van der Waals surface area contributed by atoms with E-state index in [1.165, 1.54) is 0 Å². The highest BCUT2D eigenvalue weighted by Crippen LogP contribution is 2.30. The Labute approximate surface area is 124 Å². The molecule has 0 atom stereocenters. The van der Waals surface area contributed by atoms with E-state index < -0.39 is 0 Å². The van der Waals surface area contributed by atoms with Crippen LogP contribution in [-0.4, -0.2) is 29.6 Å². The molecule has 0 bridgehead atoms. The Morgan fingerprint density at radius 1 is 0.950 bits per heavy atom. The molecule has 0 heterocycles. The second-order valence-corrected chi connectivity index (χ2v) is 5.23. The maximum absolute atomic E-state index is 12.6. The van der Waals surface area contributed by atoms with Gasteiger partial charge in [0.25, 0.3) is 0 Å². The van der Waals surface area contributed by atoms with E-state index in [0.29, 0.717) is 16.8 Å². The lowest BCUT2D eigenvalue weighted by atomic mass is 9.91. The molecule has 0 aliphatic heterocycles. The molecule has 2 rings (SSSR count). The van der Waals surface area contributed by atoms with Crippen molar-refractivity contribution in [3.8, 4) is 0 Å². The van der Waals surface area contributed by atoms with Crippen molar-refractivity contribution in [1.29, 1.82) is 0 Å². The number of carbonyl (C=O) groups excluding carboxylic acids is 2. The highest BCUT2D eigenvalue weighted by Gasteiger charge is 2.33. The molecule has 20 heavy (non-hydrogen) atoms. The quantitative estimate of drug-likeness (QED) is 0.831. The molecule has 0 N–H and O–H groups in total. The average molecular weight is 292 g/mol. The van der Waals surface area contributed by atoms with Crippen molar-refractivity contribution in [2.45, 2.75) is 26.7 Å². The number of ketones is 2. The van der Waals surface area contributed by atoms with E-state index in [-0.39, 0.29) is 16.6 Å². The molecule has 106 valence electrons. The van der Waals surface area contributed by atoms with Crippen molar-refractivity contribution in [1.82, 2.24) is 4.90 Å². The van der Waals surface area contributed by atoms with Crippen LogP contribution in [0.1, 0.15) is 47.4 Å². The van der Waals surface area contributed by atoms with E-state index in [1.807, 2.05) is 18.7 Å². The molecular formula is C16H18ClNO2. The summed E-state index contributed by atoms with van der Waals surface area (Å²) in [5, 5.41) is 0.0515. The first kappa shape index (κ1) is 14.8. The highest BCUT2D eigenvalue weighted by molar-refractivity contribution is 6.49. The predicted octanol–water partition coefficient (Wildman–Crippen LogP) is 3.64. The highest BCUT2D eigenvalue weighted by atomic mass is 35.5. The van der Waals surface area contributed by atoms with Gasteiger partial charge >= 0.3 is 0 Å². The van der Waals surface area contributed by atoms with E-state index in [0.717, 1.165) is 25.9 Å². The van der Waals surface area contributed by atoms with Crippen LogP contribution < -0.4 is 0 Å². The fourth-order valence-corrected chi connectivity index (χ4v) is 2.80. The number of hydrogen-bond acceptors (Lipinski definition) is 3. The summed E-state index contributed by atoms with van der Waals surface area (Å²) in [7, 11) is 0. The first-order valence-corrected chi connectivity index (χ1v) is 7.32. The number of allylic oxidation sites excluding steroid dienone is 2. The summed E-state index contributed by atoms with van der Waals surface area (Å²) in [5.41, 5.74) is 1.22. The minimum absolute atomic E-state index is 0.0515. The first-order chi connectivity index (χ1) is 9.61. The Morgan fingerprint density at radius 2 is 1.45 bits per heavy atom. The molecule has 3 nitrogen and oxygen atoms in total. The normalized spacial score (nSPS) is 14.6. The zero-order valence-electron chi connectivity index (χ0n) is 11.8. The summed E-state index contributed by atoms with van der Waals surface area (Å²) in [5.74, 6) is -0.402. The van der Waals surface area contributed by atoms with E-state index in [2.05, 4.69) is 0 Å². The van der Waals surface area contributed by atoms with Crippen molar-refractivity contribution in [3.63, 3.8) is 0 Å². The van der Waals surface area contributed by atoms with Crippen LogP contribution in [-0.2, 0) is 0 Å². The fourth-order valence-electron chi connectivity index (χ4n) is 2.49. The number of nitrogens with zero attached hydrogens (tertiary/aromatic N) is 1. The van der Waals surface area contributed by atoms with E-state index in [4.69, 9.17) is 11.6 Å². The summed E-state index contributed by atoms with van der Waals surface area (Å²) in [6, 6.07) is 6.85. The lowest BCUT2D eigenvalue weighted by Gasteiger charge is -2.29. The molecule has 0 aromatic heterocycles. The minimum atomic E-state index is -0.255. The molecule has 4 heteroatoms. The summed E-state index contributed by atoms with van der Waals surface area (Å²) in [4.78, 5) is 26.9. The molecule has 0 amide bonds. The molecular weight excluding hydrogens is 274 g/mol. The van der Waals surface area contributed by atoms with Gasteiger partial charge in [0.15, 0.2) is 0 Å². The third-order valence-corrected chi connectivity index (χ3v) is 3.69. The lowest BCUT2D eigenvalue weighted by Crippen LogP contribution is -2.34. The zero-order valence-corrected chi connectivity index (χ0v) is 12.5. The number of hydrogen-bond donors (Lipinski definition) is 0. The van der Waals surface area contributed by atoms with Gasteiger partial charge < -0.3 is 4.90 Å². The summed E-state index contributed by atoms with van der Waals surface area (Å²) < 4.78 is 0. The number of benzene rings is 1. The van der Waals surface area contributed by atoms with E-state index in [9.17, 15) is 9.59 Å². The molecule has 0 saturated heterocycles. The zero-order chi connectivity index (χ0) is 14.7. The van der Waals surface area contributed by atoms with Gasteiger partial charge in [-0.15, -0.1) is 0 Å². The van der Waals surface area contributed by atoms with Gasteiger partial charge in [0, 0.05) is 24.2 Å². The van der Waals surface area contributed by atoms with Gasteiger partial charge in [-0.2, -0.15) is 0 Å². The van der Waals surface area contributed by atoms with Gasteiger partial charge in [0.05, 0.1) is 0 Å². The summed E-state index contributed by atoms with van der Waals surface area (Å²) in [6.45, 7) is 5.53. The van der Waals surface area contributed by atoms with Crippen molar-refractivity contribution in [2.75, 3.05) is 13.1 Å². The number of fused-ring (bicyclic) bond motifs is 1. The van der Waals surface area contributed by atoms with Crippen LogP contribution in [0.5, 0.6) is 0 Å². The van der Waals surface area contributed by atoms with Gasteiger partial charge in [-0.1, -0.05) is 49.7 Å². The maximum atomic E-state index is 12.6. The molecule has 0 saturated carbocycles. The van der Waals surface area contributed by atoms with Crippen LogP contribution in [0.4, 0.5) is 0 Å². The van der Waals surface area contributed by atoms with Gasteiger partial charge in [0.1, 0.15) is 10.7 Å². The van der Waals surface area contributed by atoms with Gasteiger partial charge in [-0.25, -0.2) is 0 Å². The Bertz CT molecular complexity index is 572. The Kier molecular flexibility index (Phi) is 4.61. The van der Waals surface area contributed by atoms with Crippen LogP contribution >= 0.6 is 11.6 Å². The van der Waals surface area contributed by atoms with Gasteiger partial charge in [0.2, 0.25) is 11.6 Å². The number of carbonyl (C=O) groups is 2. The molecule has 1 aromatic rings. The number of rotatable bonds is 5. The number of Topliss-reactive ketones (excluding diaryl/α,β-unsaturated/α-hetero) is 2. The van der Waals surface area contributed by atoms with Crippen LogP contribution in [0.15, 0.2) is 35.0 Å². The molecule has 1 aliphatic rings. The molecule has 1 aliphatic carbocycles. The average Bonchev–Trinajstić information content (AvgIpc) is 2.45. The summed E-state index contributed by atoms with van der Waals surface area (Å²) in [6.07, 6.45) is 1.80. The Hall–Kier alpha value is -1.61. The van der Waals surface area contributed by atoms with E-state index in [1.54, 1.807) is 24.3 Å². The topological polar surface area (TPSA) is 37.4 Å². The van der Waals surface area contributed by atoms with Crippen molar-refractivity contribution in [3.05, 3.63) is 46.1 Å². The van der Waals surface area contributed by atoms with Crippen LogP contribution in [0, 0.1) is 0 Å². The second kappa shape index (κ2) is 6.23. The fraction of sp³-hybridized carbons (Fsp3) is 0.375. The Balaban J connectivity index is 2.50. The summed E-state index contributed by atoms with van der Waals surface area (Å²) >= 11 is 6.19. The van der Waals surface area contributed by atoms with Gasteiger partial charge in [-0.05, 0) is 12.8 Å². The minimum Gasteiger partial charge on any atom is -0.367 e. The van der Waals surface area contributed by atoms with Crippen molar-refractivity contribution in [2.24, 2.45) is 0 Å². The predicted molar refractivity (Wildman–Crippen MR) is 80.1 cm³/mol. The Morgan fingerprint density at radius 3 is 1.95 bits per heavy atom. The van der Waals surface area contributed by atoms with Crippen LogP contribution in [0.2, 0.25) is 0 Å². The molecule has 0 unspecified atom stereocenters. The third kappa shape index (κ3) is 2.50. The van der Waals surface area contributed by atoms with Crippen LogP contribution in [0.25, 0.3) is 0 Å². The van der Waals surface area contributed by atoms with Gasteiger partial charge in [-0.3, -0.25) is 9.59 Å². The third-order valence-electron chi connectivity index (χ3n) is 3.34. The van der Waals surface area contributed by atoms with E-state index >= 15 is 0 Å². The largest absolute Gasteiger partial charge is 0.367 e. The lowest BCUT2D eigenvalue weighted by molar-refractivity contribution is 0.0946. The number of halogens is 1. The van der Waals surface area contributed by atoms with Crippen molar-refractivity contribution >= 4 is 23.2 Å².